The number of hydrogen-bond donors (Lipinski definition) is 2. The zero-order valence-corrected chi connectivity index (χ0v) is 22.0. The van der Waals surface area contributed by atoms with E-state index in [2.05, 4.69) is 20.2 Å². The van der Waals surface area contributed by atoms with Gasteiger partial charge in [-0.25, -0.2) is 4.98 Å². The molecular formula is C26H20Cl2N4O2S2. The van der Waals surface area contributed by atoms with Gasteiger partial charge in [-0.05, 0) is 36.4 Å². The van der Waals surface area contributed by atoms with Gasteiger partial charge in [-0.1, -0.05) is 64.9 Å². The van der Waals surface area contributed by atoms with Gasteiger partial charge < -0.3 is 15.2 Å². The number of carbonyl (C=O) groups is 2. The van der Waals surface area contributed by atoms with Crippen molar-refractivity contribution in [2.75, 3.05) is 17.6 Å². The molecule has 0 aliphatic carbocycles. The topological polar surface area (TPSA) is 76.0 Å². The number of amides is 2. The molecule has 2 aromatic heterocycles. The van der Waals surface area contributed by atoms with Gasteiger partial charge in [0.25, 0.3) is 5.91 Å². The molecule has 0 saturated heterocycles. The van der Waals surface area contributed by atoms with Gasteiger partial charge in [0.15, 0.2) is 5.13 Å². The minimum atomic E-state index is -0.255. The van der Waals surface area contributed by atoms with Crippen molar-refractivity contribution in [2.24, 2.45) is 0 Å². The highest BCUT2D eigenvalue weighted by Crippen LogP contribution is 2.31. The van der Waals surface area contributed by atoms with Crippen LogP contribution in [-0.2, 0) is 11.3 Å². The fourth-order valence-electron chi connectivity index (χ4n) is 3.80. The standard InChI is InChI=1S/C26H20Cl2N4O2S2/c27-16-9-10-17(19(28)13-16)25(34)29-11-12-32-14-23(18-5-1-3-7-21(18)32)35-15-24(33)31-26-30-20-6-2-4-8-22(20)36-26/h1-10,13-14H,11-12,15H2,(H,29,34)(H,30,31,33). The Bertz CT molecular complexity index is 1550. The van der Waals surface area contributed by atoms with Crippen LogP contribution in [0.25, 0.3) is 21.1 Å². The molecule has 6 nitrogen and oxygen atoms in total. The van der Waals surface area contributed by atoms with Gasteiger partial charge in [0, 0.05) is 40.1 Å². The van der Waals surface area contributed by atoms with E-state index in [1.165, 1.54) is 23.1 Å². The molecule has 2 amide bonds. The summed E-state index contributed by atoms with van der Waals surface area (Å²) in [5.74, 6) is -0.104. The summed E-state index contributed by atoms with van der Waals surface area (Å²) in [5, 5.41) is 8.26. The Morgan fingerprint density at radius 2 is 1.83 bits per heavy atom. The van der Waals surface area contributed by atoms with Crippen molar-refractivity contribution >= 4 is 84.4 Å². The van der Waals surface area contributed by atoms with E-state index < -0.39 is 0 Å². The largest absolute Gasteiger partial charge is 0.350 e. The summed E-state index contributed by atoms with van der Waals surface area (Å²) in [5.41, 5.74) is 2.29. The number of para-hydroxylation sites is 2. The molecule has 10 heteroatoms. The number of aromatic nitrogens is 2. The molecule has 0 aliphatic rings. The average molecular weight is 556 g/mol. The molecule has 3 aromatic carbocycles. The fraction of sp³-hybridized carbons (Fsp3) is 0.115. The summed E-state index contributed by atoms with van der Waals surface area (Å²) in [6.45, 7) is 0.981. The third-order valence-corrected chi connectivity index (χ3v) is 8.01. The number of thiazole rings is 1. The van der Waals surface area contributed by atoms with Crippen molar-refractivity contribution in [1.29, 1.82) is 0 Å². The molecular weight excluding hydrogens is 535 g/mol. The summed E-state index contributed by atoms with van der Waals surface area (Å²) >= 11 is 15.0. The molecule has 182 valence electrons. The third kappa shape index (κ3) is 5.52. The molecule has 0 unspecified atom stereocenters. The summed E-state index contributed by atoms with van der Waals surface area (Å²) in [4.78, 5) is 30.6. The number of thioether (sulfide) groups is 1. The van der Waals surface area contributed by atoms with Crippen molar-refractivity contribution in [3.63, 3.8) is 0 Å². The maximum absolute atomic E-state index is 12.6. The Morgan fingerprint density at radius 3 is 2.67 bits per heavy atom. The maximum Gasteiger partial charge on any atom is 0.252 e. The minimum absolute atomic E-state index is 0.108. The van der Waals surface area contributed by atoms with Crippen LogP contribution in [0.3, 0.4) is 0 Å². The highest BCUT2D eigenvalue weighted by Gasteiger charge is 2.14. The number of nitrogens with zero attached hydrogens (tertiary/aromatic N) is 2. The molecule has 0 bridgehead atoms. The van der Waals surface area contributed by atoms with Crippen molar-refractivity contribution in [3.05, 3.63) is 88.5 Å². The van der Waals surface area contributed by atoms with Crippen LogP contribution >= 0.6 is 46.3 Å². The number of carbonyl (C=O) groups excluding carboxylic acids is 2. The molecule has 0 spiro atoms. The molecule has 2 heterocycles. The molecule has 2 N–H and O–H groups in total. The van der Waals surface area contributed by atoms with Gasteiger partial charge in [0.2, 0.25) is 5.91 Å². The van der Waals surface area contributed by atoms with E-state index in [1.54, 1.807) is 18.2 Å². The molecule has 0 saturated carbocycles. The Balaban J connectivity index is 1.22. The first-order valence-corrected chi connectivity index (χ1v) is 13.6. The Morgan fingerprint density at radius 1 is 1.03 bits per heavy atom. The van der Waals surface area contributed by atoms with E-state index in [4.69, 9.17) is 23.2 Å². The molecule has 0 radical (unpaired) electrons. The number of halogens is 2. The summed E-state index contributed by atoms with van der Waals surface area (Å²) < 4.78 is 3.11. The molecule has 0 fully saturated rings. The lowest BCUT2D eigenvalue weighted by Crippen LogP contribution is -2.27. The number of anilines is 1. The van der Waals surface area contributed by atoms with E-state index in [1.807, 2.05) is 54.7 Å². The van der Waals surface area contributed by atoms with E-state index in [9.17, 15) is 9.59 Å². The van der Waals surface area contributed by atoms with Crippen LogP contribution < -0.4 is 10.6 Å². The molecule has 5 rings (SSSR count). The molecule has 0 aliphatic heterocycles. The lowest BCUT2D eigenvalue weighted by atomic mass is 10.2. The van der Waals surface area contributed by atoms with Gasteiger partial charge in [0.05, 0.1) is 26.6 Å². The van der Waals surface area contributed by atoms with Crippen LogP contribution in [-0.4, -0.2) is 33.7 Å². The second-order valence-electron chi connectivity index (χ2n) is 7.91. The van der Waals surface area contributed by atoms with Gasteiger partial charge in [-0.3, -0.25) is 9.59 Å². The lowest BCUT2D eigenvalue weighted by molar-refractivity contribution is -0.113. The van der Waals surface area contributed by atoms with Crippen molar-refractivity contribution in [2.45, 2.75) is 11.4 Å². The van der Waals surface area contributed by atoms with Crippen LogP contribution in [0, 0.1) is 0 Å². The number of fused-ring (bicyclic) bond motifs is 2. The van der Waals surface area contributed by atoms with Crippen LogP contribution in [0.4, 0.5) is 5.13 Å². The summed E-state index contributed by atoms with van der Waals surface area (Å²) in [6, 6.07) is 20.6. The first-order valence-electron chi connectivity index (χ1n) is 11.1. The summed E-state index contributed by atoms with van der Waals surface area (Å²) in [6.07, 6.45) is 2.02. The quantitative estimate of drug-likeness (QED) is 0.209. The Kier molecular flexibility index (Phi) is 7.48. The number of nitrogens with one attached hydrogen (secondary N) is 2. The second-order valence-corrected chi connectivity index (χ2v) is 10.8. The van der Waals surface area contributed by atoms with E-state index in [0.717, 1.165) is 26.0 Å². The SMILES string of the molecule is O=C(CSc1cn(CCNC(=O)c2ccc(Cl)cc2Cl)c2ccccc12)Nc1nc2ccccc2s1. The third-order valence-electron chi connectivity index (χ3n) is 5.47. The van der Waals surface area contributed by atoms with Crippen LogP contribution in [0.15, 0.2) is 77.8 Å². The summed E-state index contributed by atoms with van der Waals surface area (Å²) in [7, 11) is 0. The van der Waals surface area contributed by atoms with Crippen molar-refractivity contribution < 1.29 is 9.59 Å². The highest BCUT2D eigenvalue weighted by molar-refractivity contribution is 8.00. The number of hydrogen-bond acceptors (Lipinski definition) is 5. The van der Waals surface area contributed by atoms with Crippen LogP contribution in [0.2, 0.25) is 10.0 Å². The minimum Gasteiger partial charge on any atom is -0.350 e. The molecule has 5 aromatic rings. The first-order chi connectivity index (χ1) is 17.5. The van der Waals surface area contributed by atoms with E-state index in [0.29, 0.717) is 33.8 Å². The maximum atomic E-state index is 12.6. The van der Waals surface area contributed by atoms with Crippen LogP contribution in [0.1, 0.15) is 10.4 Å². The van der Waals surface area contributed by atoms with Gasteiger partial charge in [-0.15, -0.1) is 11.8 Å². The lowest BCUT2D eigenvalue weighted by Gasteiger charge is -2.09. The Hall–Kier alpha value is -3.04. The fourth-order valence-corrected chi connectivity index (χ4v) is 6.06. The highest BCUT2D eigenvalue weighted by atomic mass is 35.5. The van der Waals surface area contributed by atoms with Gasteiger partial charge in [0.1, 0.15) is 0 Å². The zero-order chi connectivity index (χ0) is 25.1. The number of benzene rings is 3. The first kappa shape index (κ1) is 24.6. The molecule has 36 heavy (non-hydrogen) atoms. The van der Waals surface area contributed by atoms with E-state index >= 15 is 0 Å². The second kappa shape index (κ2) is 10.9. The Labute approximate surface area is 225 Å². The van der Waals surface area contributed by atoms with Gasteiger partial charge in [-0.2, -0.15) is 0 Å². The van der Waals surface area contributed by atoms with Crippen molar-refractivity contribution in [3.8, 4) is 0 Å². The predicted molar refractivity (Wildman–Crippen MR) is 150 cm³/mol. The molecule has 0 atom stereocenters. The monoisotopic (exact) mass is 554 g/mol. The number of rotatable bonds is 8. The normalized spacial score (nSPS) is 11.2. The zero-order valence-electron chi connectivity index (χ0n) is 18.8. The van der Waals surface area contributed by atoms with E-state index in [-0.39, 0.29) is 17.6 Å². The predicted octanol–water partition coefficient (Wildman–Crippen LogP) is 6.72. The van der Waals surface area contributed by atoms with Crippen LogP contribution in [0.5, 0.6) is 0 Å². The van der Waals surface area contributed by atoms with Gasteiger partial charge >= 0.3 is 0 Å². The smallest absolute Gasteiger partial charge is 0.252 e. The average Bonchev–Trinajstić information content (AvgIpc) is 3.43. The van der Waals surface area contributed by atoms with Crippen molar-refractivity contribution in [1.82, 2.24) is 14.9 Å².